The number of hydrogen-bond acceptors (Lipinski definition) is 2. The number of aliphatic hydroxyl groups excluding tert-OH is 1. The van der Waals surface area contributed by atoms with Crippen LogP contribution in [0, 0.1) is 0 Å². The van der Waals surface area contributed by atoms with E-state index >= 15 is 0 Å². The fraction of sp³-hybridized carbons (Fsp3) is 0.650. The third kappa shape index (κ3) is 16.2. The number of rotatable bonds is 15. The fourth-order valence-corrected chi connectivity index (χ4v) is 2.85. The van der Waals surface area contributed by atoms with Gasteiger partial charge in [0.05, 0.1) is 6.10 Å². The molecular weight excluding hydrogens is 415 g/mol. The minimum atomic E-state index is -0.725. The van der Waals surface area contributed by atoms with Crippen molar-refractivity contribution in [3.63, 3.8) is 0 Å². The van der Waals surface area contributed by atoms with E-state index in [1.165, 1.54) is 12.8 Å². The van der Waals surface area contributed by atoms with Gasteiger partial charge in [-0.15, -0.1) is 0 Å². The van der Waals surface area contributed by atoms with Crippen LogP contribution >= 0.6 is 22.6 Å². The number of aliphatic hydroxyl groups is 1. The highest BCUT2D eigenvalue weighted by molar-refractivity contribution is 14.1. The van der Waals surface area contributed by atoms with Crippen LogP contribution in [0.3, 0.4) is 0 Å². The summed E-state index contributed by atoms with van der Waals surface area (Å²) in [6.45, 7) is 2.18. The number of halogens is 1. The Hall–Kier alpha value is -0.620. The standard InChI is InChI=1S/C20H33IO3/c1-2-3-12-16-19(22)18(21)15-13-10-8-6-4-5-7-9-11-14-17-20(23)24/h4,6-7,9-10,13,18-19,22H,2-3,5,8,11-12,14-17H2,1H3,(H,23,24). The van der Waals surface area contributed by atoms with E-state index in [0.29, 0.717) is 10.3 Å². The summed E-state index contributed by atoms with van der Waals surface area (Å²) >= 11 is 2.35. The zero-order chi connectivity index (χ0) is 18.0. The van der Waals surface area contributed by atoms with Gasteiger partial charge < -0.3 is 10.2 Å². The molecule has 0 aliphatic carbocycles. The molecule has 0 spiro atoms. The quantitative estimate of drug-likeness (QED) is 0.144. The van der Waals surface area contributed by atoms with E-state index in [4.69, 9.17) is 5.11 Å². The fourth-order valence-electron chi connectivity index (χ4n) is 2.20. The van der Waals surface area contributed by atoms with Crippen LogP contribution < -0.4 is 0 Å². The van der Waals surface area contributed by atoms with Crippen molar-refractivity contribution in [2.75, 3.05) is 0 Å². The van der Waals surface area contributed by atoms with Crippen LogP contribution in [0.5, 0.6) is 0 Å². The molecule has 3 nitrogen and oxygen atoms in total. The molecule has 0 aromatic rings. The van der Waals surface area contributed by atoms with Crippen LogP contribution in [0.1, 0.15) is 71.1 Å². The van der Waals surface area contributed by atoms with Gasteiger partial charge in [0.15, 0.2) is 0 Å². The molecule has 138 valence electrons. The maximum Gasteiger partial charge on any atom is 0.303 e. The summed E-state index contributed by atoms with van der Waals surface area (Å²) < 4.78 is 0.299. The van der Waals surface area contributed by atoms with Crippen LogP contribution in [0.4, 0.5) is 0 Å². The number of alkyl halides is 1. The maximum absolute atomic E-state index is 10.3. The van der Waals surface area contributed by atoms with E-state index in [0.717, 1.165) is 38.5 Å². The Morgan fingerprint density at radius 1 is 1.00 bits per heavy atom. The monoisotopic (exact) mass is 448 g/mol. The SMILES string of the molecule is CCCCCC(O)C(I)CC=CCC=CCC=CCCCC(=O)O. The first-order valence-corrected chi connectivity index (χ1v) is 10.3. The molecule has 4 heteroatoms. The molecule has 0 radical (unpaired) electrons. The van der Waals surface area contributed by atoms with Crippen molar-refractivity contribution in [1.82, 2.24) is 0 Å². The van der Waals surface area contributed by atoms with Crippen LogP contribution in [0.15, 0.2) is 36.5 Å². The number of hydrogen-bond donors (Lipinski definition) is 2. The lowest BCUT2D eigenvalue weighted by atomic mass is 10.1. The van der Waals surface area contributed by atoms with E-state index in [2.05, 4.69) is 59.9 Å². The molecule has 0 aliphatic heterocycles. The van der Waals surface area contributed by atoms with Gasteiger partial charge in [-0.3, -0.25) is 4.79 Å². The van der Waals surface area contributed by atoms with Gasteiger partial charge in [0.2, 0.25) is 0 Å². The molecule has 2 unspecified atom stereocenters. The van der Waals surface area contributed by atoms with Gasteiger partial charge in [-0.1, -0.05) is 85.2 Å². The number of allylic oxidation sites excluding steroid dienone is 6. The van der Waals surface area contributed by atoms with E-state index in [1.54, 1.807) is 0 Å². The van der Waals surface area contributed by atoms with Crippen molar-refractivity contribution in [1.29, 1.82) is 0 Å². The van der Waals surface area contributed by atoms with Crippen LogP contribution in [0.2, 0.25) is 0 Å². The highest BCUT2D eigenvalue weighted by Gasteiger charge is 2.13. The van der Waals surface area contributed by atoms with Crippen molar-refractivity contribution in [3.8, 4) is 0 Å². The molecule has 0 saturated heterocycles. The van der Waals surface area contributed by atoms with Crippen molar-refractivity contribution < 1.29 is 15.0 Å². The normalized spacial score (nSPS) is 14.8. The Morgan fingerprint density at radius 2 is 1.62 bits per heavy atom. The number of carboxylic acid groups (broad SMARTS) is 1. The van der Waals surface area contributed by atoms with Gasteiger partial charge in [-0.05, 0) is 38.5 Å². The van der Waals surface area contributed by atoms with Crippen molar-refractivity contribution in [3.05, 3.63) is 36.5 Å². The number of carbonyl (C=O) groups is 1. The highest BCUT2D eigenvalue weighted by Crippen LogP contribution is 2.17. The summed E-state index contributed by atoms with van der Waals surface area (Å²) in [5.41, 5.74) is 0. The molecule has 2 N–H and O–H groups in total. The van der Waals surface area contributed by atoms with E-state index in [1.807, 2.05) is 6.08 Å². The Bertz CT molecular complexity index is 388. The lowest BCUT2D eigenvalue weighted by Crippen LogP contribution is -2.19. The topological polar surface area (TPSA) is 57.5 Å². The lowest BCUT2D eigenvalue weighted by molar-refractivity contribution is -0.137. The van der Waals surface area contributed by atoms with Gasteiger partial charge in [-0.25, -0.2) is 0 Å². The Balaban J connectivity index is 3.62. The molecular formula is C20H33IO3. The van der Waals surface area contributed by atoms with Crippen molar-refractivity contribution in [2.45, 2.75) is 81.2 Å². The van der Waals surface area contributed by atoms with Gasteiger partial charge in [-0.2, -0.15) is 0 Å². The average Bonchev–Trinajstić information content (AvgIpc) is 2.55. The highest BCUT2D eigenvalue weighted by atomic mass is 127. The molecule has 0 aromatic carbocycles. The minimum absolute atomic E-state index is 0.191. The maximum atomic E-state index is 10.3. The van der Waals surface area contributed by atoms with Crippen LogP contribution in [-0.4, -0.2) is 26.2 Å². The van der Waals surface area contributed by atoms with E-state index in [-0.39, 0.29) is 12.5 Å². The van der Waals surface area contributed by atoms with Crippen LogP contribution in [0.25, 0.3) is 0 Å². The van der Waals surface area contributed by atoms with Gasteiger partial charge >= 0.3 is 5.97 Å². The zero-order valence-corrected chi connectivity index (χ0v) is 17.0. The molecule has 0 amide bonds. The summed E-state index contributed by atoms with van der Waals surface area (Å²) in [6.07, 6.45) is 21.5. The van der Waals surface area contributed by atoms with Crippen LogP contribution in [-0.2, 0) is 4.79 Å². The molecule has 0 aliphatic rings. The number of carboxylic acids is 1. The summed E-state index contributed by atoms with van der Waals surface area (Å²) in [4.78, 5) is 10.3. The second kappa shape index (κ2) is 17.2. The van der Waals surface area contributed by atoms with Crippen molar-refractivity contribution >= 4 is 28.6 Å². The molecule has 0 heterocycles. The second-order valence-electron chi connectivity index (χ2n) is 5.99. The van der Waals surface area contributed by atoms with E-state index < -0.39 is 5.97 Å². The summed E-state index contributed by atoms with van der Waals surface area (Å²) in [6, 6.07) is 0. The Kier molecular flexibility index (Phi) is 16.8. The predicted molar refractivity (Wildman–Crippen MR) is 111 cm³/mol. The molecule has 2 atom stereocenters. The first-order valence-electron chi connectivity index (χ1n) is 9.06. The molecule has 0 rings (SSSR count). The first kappa shape index (κ1) is 23.4. The largest absolute Gasteiger partial charge is 0.481 e. The minimum Gasteiger partial charge on any atom is -0.481 e. The Morgan fingerprint density at radius 3 is 2.25 bits per heavy atom. The third-order valence-corrected chi connectivity index (χ3v) is 5.03. The summed E-state index contributed by atoms with van der Waals surface area (Å²) in [7, 11) is 0. The first-order chi connectivity index (χ1) is 11.6. The number of unbranched alkanes of at least 4 members (excludes halogenated alkanes) is 3. The Labute approximate surface area is 161 Å². The average molecular weight is 448 g/mol. The number of aliphatic carboxylic acids is 1. The van der Waals surface area contributed by atoms with Gasteiger partial charge in [0, 0.05) is 10.3 Å². The lowest BCUT2D eigenvalue weighted by Gasteiger charge is -2.15. The molecule has 24 heavy (non-hydrogen) atoms. The second-order valence-corrected chi connectivity index (χ2v) is 7.59. The van der Waals surface area contributed by atoms with Crippen molar-refractivity contribution in [2.24, 2.45) is 0 Å². The third-order valence-electron chi connectivity index (χ3n) is 3.69. The van der Waals surface area contributed by atoms with Gasteiger partial charge in [0.1, 0.15) is 0 Å². The smallest absolute Gasteiger partial charge is 0.303 e. The summed E-state index contributed by atoms with van der Waals surface area (Å²) in [5.74, 6) is -0.725. The van der Waals surface area contributed by atoms with Gasteiger partial charge in [0.25, 0.3) is 0 Å². The molecule has 0 fully saturated rings. The predicted octanol–water partition coefficient (Wildman–Crippen LogP) is 5.83. The molecule has 0 saturated carbocycles. The molecule has 0 aromatic heterocycles. The molecule has 0 bridgehead atoms. The zero-order valence-electron chi connectivity index (χ0n) is 14.9. The summed E-state index contributed by atoms with van der Waals surface area (Å²) in [5, 5.41) is 18.6. The van der Waals surface area contributed by atoms with E-state index in [9.17, 15) is 9.90 Å².